The SMILES string of the molecule is COc1cc(C(=O)N2CCCC(c3nc4ccccc4s3)C2)ccc1OCC(=O)N1CCOCC1. The van der Waals surface area contributed by atoms with E-state index in [4.69, 9.17) is 19.2 Å². The second-order valence-corrected chi connectivity index (χ2v) is 9.82. The summed E-state index contributed by atoms with van der Waals surface area (Å²) in [5.74, 6) is 0.984. The summed E-state index contributed by atoms with van der Waals surface area (Å²) in [5.41, 5.74) is 1.56. The van der Waals surface area contributed by atoms with E-state index >= 15 is 0 Å². The Kier molecular flexibility index (Phi) is 7.15. The maximum atomic E-state index is 13.3. The largest absolute Gasteiger partial charge is 0.493 e. The number of carbonyl (C=O) groups is 2. The Hall–Kier alpha value is -3.17. The molecule has 2 amide bonds. The molecule has 0 saturated carbocycles. The Balaban J connectivity index is 1.24. The zero-order valence-electron chi connectivity index (χ0n) is 19.8. The predicted octanol–water partition coefficient (Wildman–Crippen LogP) is 3.56. The Morgan fingerprint density at radius 1 is 1.09 bits per heavy atom. The molecule has 2 aliphatic rings. The zero-order valence-corrected chi connectivity index (χ0v) is 20.6. The van der Waals surface area contributed by atoms with E-state index in [0.29, 0.717) is 49.9 Å². The van der Waals surface area contributed by atoms with Crippen LogP contribution in [0.3, 0.4) is 0 Å². The van der Waals surface area contributed by atoms with Crippen molar-refractivity contribution < 1.29 is 23.8 Å². The molecule has 184 valence electrons. The lowest BCUT2D eigenvalue weighted by atomic mass is 9.98. The molecule has 8 nitrogen and oxygen atoms in total. The third-order valence-electron chi connectivity index (χ3n) is 6.49. The van der Waals surface area contributed by atoms with Gasteiger partial charge < -0.3 is 24.0 Å². The summed E-state index contributed by atoms with van der Waals surface area (Å²) in [6, 6.07) is 13.3. The summed E-state index contributed by atoms with van der Waals surface area (Å²) in [7, 11) is 1.53. The quantitative estimate of drug-likeness (QED) is 0.520. The van der Waals surface area contributed by atoms with Crippen LogP contribution in [0.4, 0.5) is 0 Å². The van der Waals surface area contributed by atoms with E-state index in [1.165, 1.54) is 11.8 Å². The van der Waals surface area contributed by atoms with E-state index in [1.54, 1.807) is 34.4 Å². The Morgan fingerprint density at radius 2 is 1.91 bits per heavy atom. The third kappa shape index (κ3) is 5.26. The van der Waals surface area contributed by atoms with Gasteiger partial charge in [-0.05, 0) is 43.2 Å². The van der Waals surface area contributed by atoms with Gasteiger partial charge in [0, 0.05) is 37.7 Å². The van der Waals surface area contributed by atoms with Gasteiger partial charge in [0.1, 0.15) is 0 Å². The van der Waals surface area contributed by atoms with Crippen molar-refractivity contribution >= 4 is 33.4 Å². The van der Waals surface area contributed by atoms with Crippen molar-refractivity contribution in [3.05, 3.63) is 53.0 Å². The molecule has 9 heteroatoms. The number of fused-ring (bicyclic) bond motifs is 1. The highest BCUT2D eigenvalue weighted by molar-refractivity contribution is 7.18. The van der Waals surface area contributed by atoms with Gasteiger partial charge in [-0.15, -0.1) is 11.3 Å². The zero-order chi connectivity index (χ0) is 24.2. The summed E-state index contributed by atoms with van der Waals surface area (Å²) in [6.45, 7) is 3.51. The van der Waals surface area contributed by atoms with E-state index in [2.05, 4.69) is 6.07 Å². The second-order valence-electron chi connectivity index (χ2n) is 8.76. The van der Waals surface area contributed by atoms with Crippen LogP contribution in [0.2, 0.25) is 0 Å². The van der Waals surface area contributed by atoms with Crippen LogP contribution in [0, 0.1) is 0 Å². The fourth-order valence-corrected chi connectivity index (χ4v) is 5.67. The average Bonchev–Trinajstić information content (AvgIpc) is 3.36. The maximum absolute atomic E-state index is 13.3. The van der Waals surface area contributed by atoms with Gasteiger partial charge in [0.05, 0.1) is 35.5 Å². The van der Waals surface area contributed by atoms with Crippen LogP contribution in [-0.2, 0) is 9.53 Å². The molecule has 35 heavy (non-hydrogen) atoms. The molecule has 1 unspecified atom stereocenters. The molecule has 1 aromatic heterocycles. The number of likely N-dealkylation sites (tertiary alicyclic amines) is 1. The number of hydrogen-bond acceptors (Lipinski definition) is 7. The van der Waals surface area contributed by atoms with Crippen LogP contribution >= 0.6 is 11.3 Å². The predicted molar refractivity (Wildman–Crippen MR) is 133 cm³/mol. The topological polar surface area (TPSA) is 81.2 Å². The number of carbonyl (C=O) groups excluding carboxylic acids is 2. The molecule has 0 aliphatic carbocycles. The van der Waals surface area contributed by atoms with Gasteiger partial charge in [0.15, 0.2) is 18.1 Å². The first-order valence-electron chi connectivity index (χ1n) is 11.9. The number of methoxy groups -OCH3 is 1. The van der Waals surface area contributed by atoms with Crippen molar-refractivity contribution in [2.24, 2.45) is 0 Å². The molecule has 2 aromatic carbocycles. The lowest BCUT2D eigenvalue weighted by molar-refractivity contribution is -0.137. The van der Waals surface area contributed by atoms with Crippen LogP contribution in [0.25, 0.3) is 10.2 Å². The molecule has 0 radical (unpaired) electrons. The molecular formula is C26H29N3O5S. The summed E-state index contributed by atoms with van der Waals surface area (Å²) >= 11 is 1.72. The van der Waals surface area contributed by atoms with Crippen molar-refractivity contribution in [2.45, 2.75) is 18.8 Å². The Labute approximate surface area is 208 Å². The number of piperidine rings is 1. The van der Waals surface area contributed by atoms with Crippen LogP contribution in [-0.4, -0.2) is 79.7 Å². The van der Waals surface area contributed by atoms with Crippen molar-refractivity contribution in [1.29, 1.82) is 0 Å². The normalized spacial score (nSPS) is 18.5. The highest BCUT2D eigenvalue weighted by Crippen LogP contribution is 2.34. The van der Waals surface area contributed by atoms with Crippen LogP contribution < -0.4 is 9.47 Å². The summed E-state index contributed by atoms with van der Waals surface area (Å²) in [5, 5.41) is 1.09. The lowest BCUT2D eigenvalue weighted by Crippen LogP contribution is -2.43. The van der Waals surface area contributed by atoms with Gasteiger partial charge in [-0.3, -0.25) is 9.59 Å². The number of nitrogens with zero attached hydrogens (tertiary/aromatic N) is 3. The molecule has 2 aliphatic heterocycles. The molecule has 2 saturated heterocycles. The Morgan fingerprint density at radius 3 is 2.71 bits per heavy atom. The monoisotopic (exact) mass is 495 g/mol. The molecule has 2 fully saturated rings. The number of benzene rings is 2. The maximum Gasteiger partial charge on any atom is 0.260 e. The van der Waals surface area contributed by atoms with Crippen LogP contribution in [0.1, 0.15) is 34.1 Å². The average molecular weight is 496 g/mol. The molecular weight excluding hydrogens is 466 g/mol. The number of rotatable bonds is 6. The second kappa shape index (κ2) is 10.6. The van der Waals surface area contributed by atoms with Crippen LogP contribution in [0.5, 0.6) is 11.5 Å². The fourth-order valence-electron chi connectivity index (χ4n) is 4.57. The number of hydrogen-bond donors (Lipinski definition) is 0. The third-order valence-corrected chi connectivity index (χ3v) is 7.69. The minimum atomic E-state index is -0.0929. The highest BCUT2D eigenvalue weighted by atomic mass is 32.1. The molecule has 1 atom stereocenters. The molecule has 3 aromatic rings. The molecule has 0 bridgehead atoms. The first kappa shape index (κ1) is 23.6. The van der Waals surface area contributed by atoms with E-state index in [9.17, 15) is 9.59 Å². The number of morpholine rings is 1. The van der Waals surface area contributed by atoms with E-state index < -0.39 is 0 Å². The number of ether oxygens (including phenoxy) is 3. The van der Waals surface area contributed by atoms with Gasteiger partial charge in [-0.2, -0.15) is 0 Å². The van der Waals surface area contributed by atoms with Gasteiger partial charge in [0.25, 0.3) is 11.8 Å². The standard InChI is InChI=1S/C26H29N3O5S/c1-32-22-15-18(8-9-21(22)34-17-24(30)28-11-13-33-14-12-28)26(31)29-10-4-5-19(16-29)25-27-20-6-2-3-7-23(20)35-25/h2-3,6-9,15,19H,4-5,10-14,16-17H2,1H3. The minimum absolute atomic E-state index is 0.0370. The first-order chi connectivity index (χ1) is 17.1. The van der Waals surface area contributed by atoms with Crippen molar-refractivity contribution in [2.75, 3.05) is 53.1 Å². The molecule has 5 rings (SSSR count). The van der Waals surface area contributed by atoms with Crippen molar-refractivity contribution in [3.63, 3.8) is 0 Å². The van der Waals surface area contributed by atoms with Crippen molar-refractivity contribution in [1.82, 2.24) is 14.8 Å². The Bertz CT molecular complexity index is 1170. The molecule has 0 N–H and O–H groups in total. The van der Waals surface area contributed by atoms with Gasteiger partial charge in [-0.1, -0.05) is 12.1 Å². The van der Waals surface area contributed by atoms with E-state index in [-0.39, 0.29) is 24.3 Å². The number of amides is 2. The molecule has 3 heterocycles. The highest BCUT2D eigenvalue weighted by Gasteiger charge is 2.28. The minimum Gasteiger partial charge on any atom is -0.493 e. The first-order valence-corrected chi connectivity index (χ1v) is 12.7. The van der Waals surface area contributed by atoms with Gasteiger partial charge in [0.2, 0.25) is 0 Å². The van der Waals surface area contributed by atoms with Crippen molar-refractivity contribution in [3.8, 4) is 11.5 Å². The fraction of sp³-hybridized carbons (Fsp3) is 0.423. The van der Waals surface area contributed by atoms with Gasteiger partial charge >= 0.3 is 0 Å². The summed E-state index contributed by atoms with van der Waals surface area (Å²) < 4.78 is 17.7. The number of para-hydroxylation sites is 1. The number of aromatic nitrogens is 1. The summed E-state index contributed by atoms with van der Waals surface area (Å²) in [4.78, 5) is 34.2. The van der Waals surface area contributed by atoms with Crippen LogP contribution in [0.15, 0.2) is 42.5 Å². The lowest BCUT2D eigenvalue weighted by Gasteiger charge is -2.32. The van der Waals surface area contributed by atoms with Gasteiger partial charge in [-0.25, -0.2) is 4.98 Å². The smallest absolute Gasteiger partial charge is 0.260 e. The molecule has 0 spiro atoms. The summed E-state index contributed by atoms with van der Waals surface area (Å²) in [6.07, 6.45) is 1.96. The number of thiazole rings is 1. The van der Waals surface area contributed by atoms with E-state index in [0.717, 1.165) is 29.9 Å². The van der Waals surface area contributed by atoms with E-state index in [1.807, 2.05) is 23.1 Å².